The molecule has 1 saturated carbocycles. The molecule has 1 aliphatic carbocycles. The van der Waals surface area contributed by atoms with E-state index in [0.29, 0.717) is 63.7 Å². The fourth-order valence-electron chi connectivity index (χ4n) is 8.02. The number of anilines is 2. The predicted octanol–water partition coefficient (Wildman–Crippen LogP) is 7.78. The van der Waals surface area contributed by atoms with Gasteiger partial charge in [0.25, 0.3) is 6.43 Å². The fourth-order valence-corrected chi connectivity index (χ4v) is 8.35. The Morgan fingerprint density at radius 2 is 1.77 bits per heavy atom. The number of nitrogens with one attached hydrogen (secondary N) is 1. The van der Waals surface area contributed by atoms with Gasteiger partial charge in [-0.2, -0.15) is 0 Å². The van der Waals surface area contributed by atoms with Crippen molar-refractivity contribution in [2.75, 3.05) is 46.3 Å². The van der Waals surface area contributed by atoms with Crippen molar-refractivity contribution in [3.05, 3.63) is 82.5 Å². The van der Waals surface area contributed by atoms with Crippen LogP contribution in [0.3, 0.4) is 0 Å². The molecule has 300 valence electrons. The number of aromatic nitrogens is 5. The highest BCUT2D eigenvalue weighted by molar-refractivity contribution is 6.36. The maximum absolute atomic E-state index is 14.1. The number of halogens is 3. The van der Waals surface area contributed by atoms with Crippen molar-refractivity contribution < 1.29 is 28.2 Å². The Bertz CT molecular complexity index is 2240. The zero-order valence-corrected chi connectivity index (χ0v) is 33.3. The number of carbonyl (C=O) groups is 1. The first-order chi connectivity index (χ1) is 27.6. The minimum atomic E-state index is -2.88. The van der Waals surface area contributed by atoms with E-state index in [4.69, 9.17) is 31.0 Å². The largest absolute Gasteiger partial charge is 0.480 e. The van der Waals surface area contributed by atoms with Crippen LogP contribution in [0.15, 0.2) is 54.9 Å². The number of fused-ring (bicyclic) bond motifs is 1. The molecule has 2 fully saturated rings. The lowest BCUT2D eigenvalue weighted by atomic mass is 9.85. The van der Waals surface area contributed by atoms with Gasteiger partial charge in [0.1, 0.15) is 11.2 Å². The van der Waals surface area contributed by atoms with Crippen LogP contribution in [0, 0.1) is 18.8 Å². The molecule has 57 heavy (non-hydrogen) atoms. The van der Waals surface area contributed by atoms with Crippen LogP contribution in [-0.4, -0.2) is 92.8 Å². The van der Waals surface area contributed by atoms with Crippen molar-refractivity contribution in [2.24, 2.45) is 11.8 Å². The number of hydrogen-bond acceptors (Lipinski definition) is 12. The second-order valence-electron chi connectivity index (χ2n) is 14.9. The molecule has 4 heterocycles. The number of hydrogen-bond donors (Lipinski definition) is 2. The number of methoxy groups -OCH3 is 2. The first-order valence-corrected chi connectivity index (χ1v) is 19.6. The molecule has 1 aliphatic heterocycles. The first-order valence-electron chi connectivity index (χ1n) is 19.2. The van der Waals surface area contributed by atoms with Crippen molar-refractivity contribution in [3.8, 4) is 28.3 Å². The molecular formula is C42H47ClF2N8O4. The number of ether oxygens (including phenoxy) is 2. The summed E-state index contributed by atoms with van der Waals surface area (Å²) >= 11 is 7.15. The Balaban J connectivity index is 1.12. The van der Waals surface area contributed by atoms with Gasteiger partial charge in [-0.15, -0.1) is 0 Å². The van der Waals surface area contributed by atoms with Crippen molar-refractivity contribution in [1.82, 2.24) is 34.7 Å². The molecule has 15 heteroatoms. The Morgan fingerprint density at radius 3 is 2.49 bits per heavy atom. The SMILES string of the molecule is COC(=O)C1CCC(N(C)Cc2ncc(-c3cccc(-c4cccc(Nc5nc(C(F)F)nc6cc(CN7CC[C@@H](CO)C7)cnc56)c4C)c3Cl)nc2OC)CC1. The van der Waals surface area contributed by atoms with E-state index in [2.05, 4.69) is 30.1 Å². The molecule has 0 unspecified atom stereocenters. The number of aliphatic hydroxyl groups is 1. The number of esters is 1. The summed E-state index contributed by atoms with van der Waals surface area (Å²) in [5.74, 6) is 0.0339. The van der Waals surface area contributed by atoms with Crippen LogP contribution in [0.4, 0.5) is 20.3 Å². The van der Waals surface area contributed by atoms with Crippen molar-refractivity contribution in [2.45, 2.75) is 64.6 Å². The molecule has 7 rings (SSSR count). The lowest BCUT2D eigenvalue weighted by Crippen LogP contribution is -2.36. The monoisotopic (exact) mass is 800 g/mol. The number of nitrogens with zero attached hydrogens (tertiary/aromatic N) is 7. The van der Waals surface area contributed by atoms with E-state index in [1.165, 1.54) is 7.11 Å². The summed E-state index contributed by atoms with van der Waals surface area (Å²) in [6.45, 7) is 4.79. The summed E-state index contributed by atoms with van der Waals surface area (Å²) in [6.07, 6.45) is 4.81. The summed E-state index contributed by atoms with van der Waals surface area (Å²) in [5.41, 5.74) is 6.47. The normalized spacial score (nSPS) is 18.7. The van der Waals surface area contributed by atoms with E-state index in [1.807, 2.05) is 50.4 Å². The lowest BCUT2D eigenvalue weighted by molar-refractivity contribution is -0.146. The lowest BCUT2D eigenvalue weighted by Gasteiger charge is -2.33. The third-order valence-corrected chi connectivity index (χ3v) is 11.7. The fraction of sp³-hybridized carbons (Fsp3) is 0.429. The highest BCUT2D eigenvalue weighted by Gasteiger charge is 2.30. The summed E-state index contributed by atoms with van der Waals surface area (Å²) in [5, 5.41) is 13.3. The third kappa shape index (κ3) is 8.84. The number of benzene rings is 2. The van der Waals surface area contributed by atoms with Crippen LogP contribution in [0.1, 0.15) is 61.2 Å². The minimum absolute atomic E-state index is 0.0462. The molecule has 0 spiro atoms. The van der Waals surface area contributed by atoms with E-state index < -0.39 is 12.2 Å². The van der Waals surface area contributed by atoms with E-state index >= 15 is 0 Å². The minimum Gasteiger partial charge on any atom is -0.480 e. The Kier molecular flexibility index (Phi) is 12.5. The van der Waals surface area contributed by atoms with Gasteiger partial charge in [-0.05, 0) is 87.4 Å². The molecule has 12 nitrogen and oxygen atoms in total. The quantitative estimate of drug-likeness (QED) is 0.113. The van der Waals surface area contributed by atoms with Gasteiger partial charge in [0.05, 0.1) is 42.6 Å². The van der Waals surface area contributed by atoms with Gasteiger partial charge in [-0.25, -0.2) is 23.7 Å². The van der Waals surface area contributed by atoms with Gasteiger partial charge in [0, 0.05) is 55.3 Å². The van der Waals surface area contributed by atoms with Crippen LogP contribution in [-0.2, 0) is 22.6 Å². The highest BCUT2D eigenvalue weighted by Crippen LogP contribution is 2.40. The Labute approximate surface area is 335 Å². The van der Waals surface area contributed by atoms with E-state index in [-0.39, 0.29) is 30.2 Å². The van der Waals surface area contributed by atoms with Gasteiger partial charge in [0.2, 0.25) is 5.88 Å². The van der Waals surface area contributed by atoms with Crippen molar-refractivity contribution >= 4 is 40.1 Å². The van der Waals surface area contributed by atoms with Crippen molar-refractivity contribution in [1.29, 1.82) is 0 Å². The standard InChI is InChI=1S/C42H47ClF2N8O4/c1-24-29(7-6-10-32(24)48-39-37-33(49-40(51-39)38(44)45)17-26(18-47-37)21-53-16-15-25(20-53)23-54)30-8-5-9-31(36(30)43)34-19-46-35(41(50-34)56-3)22-52(2)28-13-11-27(12-14-28)42(55)57-4/h5-10,17-19,25,27-28,38,54H,11-16,20-23H2,1-4H3,(H,48,49,51)/t25-,27?,28?/m1/s1. The molecule has 1 saturated heterocycles. The maximum Gasteiger partial charge on any atom is 0.308 e. The molecule has 5 aromatic rings. The molecule has 1 atom stereocenters. The van der Waals surface area contributed by atoms with Crippen LogP contribution in [0.25, 0.3) is 33.4 Å². The Morgan fingerprint density at radius 1 is 1.02 bits per heavy atom. The Hall–Kier alpha value is -4.89. The second kappa shape index (κ2) is 17.7. The van der Waals surface area contributed by atoms with Crippen LogP contribution in [0.5, 0.6) is 5.88 Å². The number of aliphatic hydroxyl groups excluding tert-OH is 1. The zero-order valence-electron chi connectivity index (χ0n) is 32.5. The van der Waals surface area contributed by atoms with Gasteiger partial charge in [0.15, 0.2) is 11.6 Å². The number of carbonyl (C=O) groups excluding carboxylic acids is 1. The summed E-state index contributed by atoms with van der Waals surface area (Å²) in [7, 11) is 5.06. The topological polar surface area (TPSA) is 139 Å². The van der Waals surface area contributed by atoms with E-state index in [9.17, 15) is 18.7 Å². The van der Waals surface area contributed by atoms with Crippen molar-refractivity contribution in [3.63, 3.8) is 0 Å². The average Bonchev–Trinajstić information content (AvgIpc) is 3.69. The molecule has 2 aromatic carbocycles. The van der Waals surface area contributed by atoms with E-state index in [1.54, 1.807) is 25.6 Å². The number of rotatable bonds is 13. The number of pyridine rings is 1. The van der Waals surface area contributed by atoms with Crippen LogP contribution < -0.4 is 10.1 Å². The van der Waals surface area contributed by atoms with Gasteiger partial charge >= 0.3 is 5.97 Å². The third-order valence-electron chi connectivity index (χ3n) is 11.2. The highest BCUT2D eigenvalue weighted by atomic mass is 35.5. The van der Waals surface area contributed by atoms with Crippen LogP contribution in [0.2, 0.25) is 5.02 Å². The van der Waals surface area contributed by atoms with Gasteiger partial charge in [-0.3, -0.25) is 24.6 Å². The second-order valence-corrected chi connectivity index (χ2v) is 15.3. The summed E-state index contributed by atoms with van der Waals surface area (Å²) in [4.78, 5) is 39.0. The molecule has 2 aliphatic rings. The average molecular weight is 801 g/mol. The summed E-state index contributed by atoms with van der Waals surface area (Å²) in [6, 6.07) is 13.4. The first kappa shape index (κ1) is 40.3. The maximum atomic E-state index is 14.1. The van der Waals surface area contributed by atoms with Gasteiger partial charge in [-0.1, -0.05) is 41.9 Å². The molecule has 0 bridgehead atoms. The molecule has 0 radical (unpaired) electrons. The van der Waals surface area contributed by atoms with Crippen LogP contribution >= 0.6 is 11.6 Å². The number of alkyl halides is 2. The summed E-state index contributed by atoms with van der Waals surface area (Å²) < 4.78 is 38.9. The predicted molar refractivity (Wildman–Crippen MR) is 214 cm³/mol. The number of likely N-dealkylation sites (tertiary alicyclic amines) is 1. The molecular weight excluding hydrogens is 754 g/mol. The molecule has 3 aromatic heterocycles. The molecule has 2 N–H and O–H groups in total. The smallest absolute Gasteiger partial charge is 0.308 e. The zero-order chi connectivity index (χ0) is 40.2. The van der Waals surface area contributed by atoms with E-state index in [0.717, 1.165) is 67.4 Å². The van der Waals surface area contributed by atoms with Gasteiger partial charge < -0.3 is 19.9 Å². The molecule has 0 amide bonds.